The third kappa shape index (κ3) is 2.96. The molecule has 2 atom stereocenters. The number of aromatic carboxylic acids is 1. The van der Waals surface area contributed by atoms with Crippen LogP contribution in [-0.2, 0) is 16.4 Å². The Bertz CT molecular complexity index is 644. The van der Waals surface area contributed by atoms with Crippen molar-refractivity contribution >= 4 is 16.0 Å². The van der Waals surface area contributed by atoms with Crippen molar-refractivity contribution in [3.8, 4) is 0 Å². The van der Waals surface area contributed by atoms with E-state index in [1.54, 1.807) is 6.07 Å². The van der Waals surface area contributed by atoms with Gasteiger partial charge in [0.2, 0.25) is 10.0 Å². The molecule has 21 heavy (non-hydrogen) atoms. The molecule has 1 aromatic rings. The molecule has 0 spiro atoms. The summed E-state index contributed by atoms with van der Waals surface area (Å²) < 4.78 is 26.7. The molecule has 1 aliphatic rings. The topological polar surface area (TPSA) is 74.7 Å². The van der Waals surface area contributed by atoms with Crippen LogP contribution in [-0.4, -0.2) is 36.9 Å². The summed E-state index contributed by atoms with van der Waals surface area (Å²) >= 11 is 0. The summed E-state index contributed by atoms with van der Waals surface area (Å²) in [5, 5.41) is 9.23. The lowest BCUT2D eigenvalue weighted by atomic mass is 10.0. The van der Waals surface area contributed by atoms with Gasteiger partial charge in [-0.3, -0.25) is 0 Å². The van der Waals surface area contributed by atoms with E-state index in [9.17, 15) is 18.3 Å². The summed E-state index contributed by atoms with van der Waals surface area (Å²) in [6, 6.07) is 4.39. The molecule has 0 bridgehead atoms. The lowest BCUT2D eigenvalue weighted by molar-refractivity contribution is 0.0695. The van der Waals surface area contributed by atoms with Crippen molar-refractivity contribution in [2.75, 3.05) is 13.1 Å². The highest BCUT2D eigenvalue weighted by molar-refractivity contribution is 7.89. The summed E-state index contributed by atoms with van der Waals surface area (Å²) in [5.41, 5.74) is 0.712. The number of carboxylic acid groups (broad SMARTS) is 1. The van der Waals surface area contributed by atoms with E-state index in [0.717, 1.165) is 0 Å². The number of hydrogen-bond donors (Lipinski definition) is 1. The van der Waals surface area contributed by atoms with Gasteiger partial charge >= 0.3 is 5.97 Å². The second-order valence-electron chi connectivity index (χ2n) is 5.75. The molecule has 0 saturated carbocycles. The summed E-state index contributed by atoms with van der Waals surface area (Å²) in [7, 11) is -3.62. The second-order valence-corrected chi connectivity index (χ2v) is 7.69. The van der Waals surface area contributed by atoms with Crippen LogP contribution in [0.2, 0.25) is 0 Å². The number of carboxylic acids is 1. The van der Waals surface area contributed by atoms with Gasteiger partial charge in [0, 0.05) is 13.1 Å². The van der Waals surface area contributed by atoms with E-state index in [4.69, 9.17) is 0 Å². The van der Waals surface area contributed by atoms with Crippen LogP contribution in [0.5, 0.6) is 0 Å². The Kier molecular flexibility index (Phi) is 4.39. The minimum Gasteiger partial charge on any atom is -0.478 e. The predicted molar refractivity (Wildman–Crippen MR) is 79.9 cm³/mol. The lowest BCUT2D eigenvalue weighted by Crippen LogP contribution is -2.29. The first-order valence-corrected chi connectivity index (χ1v) is 8.57. The van der Waals surface area contributed by atoms with E-state index >= 15 is 0 Å². The normalized spacial score (nSPS) is 23.4. The highest BCUT2D eigenvalue weighted by Gasteiger charge is 2.35. The Hall–Kier alpha value is -1.40. The van der Waals surface area contributed by atoms with Gasteiger partial charge in [-0.2, -0.15) is 4.31 Å². The fourth-order valence-corrected chi connectivity index (χ4v) is 4.31. The van der Waals surface area contributed by atoms with Gasteiger partial charge in [0.25, 0.3) is 0 Å². The van der Waals surface area contributed by atoms with Crippen molar-refractivity contribution in [3.63, 3.8) is 0 Å². The molecule has 2 rings (SSSR count). The molecular formula is C15H21NO4S. The number of nitrogens with zero attached hydrogens (tertiary/aromatic N) is 1. The van der Waals surface area contributed by atoms with Crippen LogP contribution >= 0.6 is 0 Å². The fourth-order valence-electron chi connectivity index (χ4n) is 2.65. The van der Waals surface area contributed by atoms with Crippen LogP contribution in [0, 0.1) is 11.8 Å². The average molecular weight is 311 g/mol. The standard InChI is InChI=1S/C15H21NO4S/c1-4-12-5-6-13(7-14(12)15(17)18)21(19,20)16-8-10(2)11(3)9-16/h5-7,10-11H,4,8-9H2,1-3H3,(H,17,18). The first-order chi connectivity index (χ1) is 9.77. The summed E-state index contributed by atoms with van der Waals surface area (Å²) in [6.07, 6.45) is 0.555. The van der Waals surface area contributed by atoms with Crippen LogP contribution in [0.1, 0.15) is 36.7 Å². The molecule has 1 N–H and O–H groups in total. The monoisotopic (exact) mass is 311 g/mol. The van der Waals surface area contributed by atoms with Crippen LogP contribution in [0.4, 0.5) is 0 Å². The summed E-state index contributed by atoms with van der Waals surface area (Å²) in [6.45, 7) is 6.88. The smallest absolute Gasteiger partial charge is 0.336 e. The Balaban J connectivity index is 2.42. The van der Waals surface area contributed by atoms with E-state index in [1.807, 2.05) is 20.8 Å². The second kappa shape index (κ2) is 5.77. The first-order valence-electron chi connectivity index (χ1n) is 7.13. The maximum absolute atomic E-state index is 12.6. The third-order valence-corrected chi connectivity index (χ3v) is 6.11. The van der Waals surface area contributed by atoms with Crippen molar-refractivity contribution < 1.29 is 18.3 Å². The Morgan fingerprint density at radius 2 is 1.86 bits per heavy atom. The van der Waals surface area contributed by atoms with Gasteiger partial charge in [-0.05, 0) is 36.0 Å². The van der Waals surface area contributed by atoms with E-state index in [2.05, 4.69) is 0 Å². The minimum absolute atomic E-state index is 0.0680. The number of aryl methyl sites for hydroxylation is 1. The molecule has 116 valence electrons. The van der Waals surface area contributed by atoms with Crippen molar-refractivity contribution in [3.05, 3.63) is 29.3 Å². The quantitative estimate of drug-likeness (QED) is 0.925. The number of sulfonamides is 1. The highest BCUT2D eigenvalue weighted by Crippen LogP contribution is 2.29. The van der Waals surface area contributed by atoms with E-state index in [1.165, 1.54) is 16.4 Å². The minimum atomic E-state index is -3.62. The van der Waals surface area contributed by atoms with E-state index < -0.39 is 16.0 Å². The van der Waals surface area contributed by atoms with Crippen molar-refractivity contribution in [2.45, 2.75) is 32.1 Å². The molecule has 1 saturated heterocycles. The van der Waals surface area contributed by atoms with Gasteiger partial charge in [-0.1, -0.05) is 26.8 Å². The summed E-state index contributed by atoms with van der Waals surface area (Å²) in [4.78, 5) is 11.3. The molecule has 1 heterocycles. The molecule has 6 heteroatoms. The highest BCUT2D eigenvalue weighted by atomic mass is 32.2. The van der Waals surface area contributed by atoms with Gasteiger partial charge < -0.3 is 5.11 Å². The maximum Gasteiger partial charge on any atom is 0.336 e. The molecule has 2 unspecified atom stereocenters. The zero-order valence-corrected chi connectivity index (χ0v) is 13.4. The largest absolute Gasteiger partial charge is 0.478 e. The van der Waals surface area contributed by atoms with Crippen LogP contribution < -0.4 is 0 Å². The molecule has 0 aromatic heterocycles. The molecular weight excluding hydrogens is 290 g/mol. The molecule has 1 aliphatic heterocycles. The Morgan fingerprint density at radius 1 is 1.29 bits per heavy atom. The molecule has 5 nitrogen and oxygen atoms in total. The SMILES string of the molecule is CCc1ccc(S(=O)(=O)N2CC(C)C(C)C2)cc1C(=O)O. The van der Waals surface area contributed by atoms with Crippen molar-refractivity contribution in [1.29, 1.82) is 0 Å². The third-order valence-electron chi connectivity index (χ3n) is 4.29. The Labute approximate surface area is 125 Å². The summed E-state index contributed by atoms with van der Waals surface area (Å²) in [5.74, 6) is -0.464. The van der Waals surface area contributed by atoms with Gasteiger partial charge in [0.05, 0.1) is 10.5 Å². The molecule has 1 fully saturated rings. The molecule has 1 aromatic carbocycles. The van der Waals surface area contributed by atoms with Crippen molar-refractivity contribution in [1.82, 2.24) is 4.31 Å². The van der Waals surface area contributed by atoms with E-state index in [-0.39, 0.29) is 10.5 Å². The molecule has 0 radical (unpaired) electrons. The first kappa shape index (κ1) is 16.0. The van der Waals surface area contributed by atoms with E-state index in [0.29, 0.717) is 36.9 Å². The maximum atomic E-state index is 12.6. The fraction of sp³-hybridized carbons (Fsp3) is 0.533. The Morgan fingerprint density at radius 3 is 2.33 bits per heavy atom. The number of benzene rings is 1. The van der Waals surface area contributed by atoms with Crippen LogP contribution in [0.3, 0.4) is 0 Å². The van der Waals surface area contributed by atoms with Gasteiger partial charge in [-0.25, -0.2) is 13.2 Å². The van der Waals surface area contributed by atoms with Crippen LogP contribution in [0.25, 0.3) is 0 Å². The predicted octanol–water partition coefficient (Wildman–Crippen LogP) is 2.22. The van der Waals surface area contributed by atoms with Crippen molar-refractivity contribution in [2.24, 2.45) is 11.8 Å². The lowest BCUT2D eigenvalue weighted by Gasteiger charge is -2.17. The van der Waals surface area contributed by atoms with Crippen LogP contribution in [0.15, 0.2) is 23.1 Å². The molecule has 0 aliphatic carbocycles. The number of hydrogen-bond acceptors (Lipinski definition) is 3. The van der Waals surface area contributed by atoms with Gasteiger partial charge in [-0.15, -0.1) is 0 Å². The average Bonchev–Trinajstić information content (AvgIpc) is 2.78. The van der Waals surface area contributed by atoms with Gasteiger partial charge in [0.1, 0.15) is 0 Å². The number of carbonyl (C=O) groups is 1. The zero-order valence-electron chi connectivity index (χ0n) is 12.5. The number of rotatable bonds is 4. The molecule has 0 amide bonds. The zero-order chi connectivity index (χ0) is 15.8. The van der Waals surface area contributed by atoms with Gasteiger partial charge in [0.15, 0.2) is 0 Å².